The molecule has 0 aliphatic rings. The molecule has 1 atom stereocenters. The van der Waals surface area contributed by atoms with Crippen LogP contribution in [0.3, 0.4) is 0 Å². The molecule has 0 fully saturated rings. The van der Waals surface area contributed by atoms with E-state index < -0.39 is 22.1 Å². The average Bonchev–Trinajstić information content (AvgIpc) is 3.08. The number of carbonyl (C=O) groups is 1. The summed E-state index contributed by atoms with van der Waals surface area (Å²) < 4.78 is 29.0. The van der Waals surface area contributed by atoms with E-state index in [1.165, 1.54) is 13.1 Å². The molecule has 1 unspecified atom stereocenters. The summed E-state index contributed by atoms with van der Waals surface area (Å²) in [5, 5.41) is 9.58. The lowest BCUT2D eigenvalue weighted by molar-refractivity contribution is -0.144. The molecule has 0 aliphatic carbocycles. The van der Waals surface area contributed by atoms with Gasteiger partial charge in [-0.25, -0.2) is 8.42 Å². The van der Waals surface area contributed by atoms with Crippen molar-refractivity contribution in [1.29, 1.82) is 0 Å². The van der Waals surface area contributed by atoms with Gasteiger partial charge in [-0.3, -0.25) is 4.79 Å². The van der Waals surface area contributed by atoms with Gasteiger partial charge in [0.25, 0.3) is 10.0 Å². The van der Waals surface area contributed by atoms with Crippen molar-refractivity contribution >= 4 is 32.8 Å². The van der Waals surface area contributed by atoms with Crippen LogP contribution in [0.15, 0.2) is 54.7 Å². The Hall–Kier alpha value is -3.00. The van der Waals surface area contributed by atoms with Gasteiger partial charge < -0.3 is 4.74 Å². The molecular weight excluding hydrogens is 354 g/mol. The van der Waals surface area contributed by atoms with E-state index >= 15 is 0 Å². The second-order valence-corrected chi connectivity index (χ2v) is 7.61. The number of hydrogen-bond acceptors (Lipinski definition) is 6. The predicted octanol–water partition coefficient (Wildman–Crippen LogP) is 2.56. The fourth-order valence-electron chi connectivity index (χ4n) is 2.44. The van der Waals surface area contributed by atoms with Gasteiger partial charge in [0.05, 0.1) is 12.5 Å². The third-order valence-electron chi connectivity index (χ3n) is 3.65. The topological polar surface area (TPSA) is 91.2 Å². The fourth-order valence-corrected chi connectivity index (χ4v) is 2.91. The summed E-state index contributed by atoms with van der Waals surface area (Å²) in [6.07, 6.45) is 4.83. The van der Waals surface area contributed by atoms with Crippen LogP contribution in [0.2, 0.25) is 0 Å². The van der Waals surface area contributed by atoms with Crippen LogP contribution in [0.25, 0.3) is 16.8 Å². The van der Waals surface area contributed by atoms with E-state index in [1.54, 1.807) is 12.2 Å². The first-order chi connectivity index (χ1) is 12.3. The molecule has 0 saturated carbocycles. The number of rotatable bonds is 5. The smallest absolute Gasteiger partial charge is 0.303 e. The maximum atomic E-state index is 11.5. The van der Waals surface area contributed by atoms with E-state index in [4.69, 9.17) is 4.74 Å². The molecule has 0 aliphatic heterocycles. The van der Waals surface area contributed by atoms with Gasteiger partial charge in [0.2, 0.25) is 0 Å². The van der Waals surface area contributed by atoms with Crippen molar-refractivity contribution < 1.29 is 17.9 Å². The molecule has 134 valence electrons. The second-order valence-electron chi connectivity index (χ2n) is 5.77. The number of ether oxygens (including phenoxy) is 1. The fraction of sp³-hybridized carbons (Fsp3) is 0.167. The highest BCUT2D eigenvalue weighted by Gasteiger charge is 2.18. The van der Waals surface area contributed by atoms with Gasteiger partial charge in [0.1, 0.15) is 5.69 Å². The second kappa shape index (κ2) is 7.09. The molecule has 26 heavy (non-hydrogen) atoms. The van der Waals surface area contributed by atoms with E-state index in [-0.39, 0.29) is 5.69 Å². The first-order valence-electron chi connectivity index (χ1n) is 7.80. The maximum absolute atomic E-state index is 11.5. The van der Waals surface area contributed by atoms with Gasteiger partial charge in [-0.05, 0) is 28.5 Å². The number of hydrogen-bond donors (Lipinski definition) is 0. The van der Waals surface area contributed by atoms with Crippen molar-refractivity contribution in [2.24, 2.45) is 0 Å². The van der Waals surface area contributed by atoms with Crippen LogP contribution in [0.4, 0.5) is 0 Å². The SMILES string of the molecule is CC(=O)OC(/C=C/c1ccc2ccccc2c1)c1cn(S(C)(=O)=O)nn1. The molecule has 1 heterocycles. The van der Waals surface area contributed by atoms with Crippen LogP contribution < -0.4 is 0 Å². The number of fused-ring (bicyclic) bond motifs is 1. The lowest BCUT2D eigenvalue weighted by atomic mass is 10.1. The molecule has 0 radical (unpaired) electrons. The van der Waals surface area contributed by atoms with Crippen molar-refractivity contribution in [3.05, 3.63) is 66.0 Å². The molecule has 7 nitrogen and oxygen atoms in total. The summed E-state index contributed by atoms with van der Waals surface area (Å²) in [4.78, 5) is 11.4. The first kappa shape index (κ1) is 17.8. The van der Waals surface area contributed by atoms with E-state index in [0.717, 1.165) is 26.7 Å². The van der Waals surface area contributed by atoms with E-state index in [1.807, 2.05) is 42.5 Å². The Morgan fingerprint density at radius 1 is 1.19 bits per heavy atom. The summed E-state index contributed by atoms with van der Waals surface area (Å²) >= 11 is 0. The molecule has 3 rings (SSSR count). The molecule has 0 bridgehead atoms. The van der Waals surface area contributed by atoms with Gasteiger partial charge in [-0.15, -0.1) is 9.19 Å². The monoisotopic (exact) mass is 371 g/mol. The van der Waals surface area contributed by atoms with Gasteiger partial charge in [0, 0.05) is 6.92 Å². The minimum absolute atomic E-state index is 0.225. The molecule has 0 spiro atoms. The Morgan fingerprint density at radius 3 is 2.58 bits per heavy atom. The summed E-state index contributed by atoms with van der Waals surface area (Å²) in [6, 6.07) is 13.9. The van der Waals surface area contributed by atoms with Gasteiger partial charge in [-0.2, -0.15) is 0 Å². The minimum Gasteiger partial charge on any atom is -0.452 e. The Labute approximate surface area is 151 Å². The molecule has 8 heteroatoms. The van der Waals surface area contributed by atoms with Gasteiger partial charge in [0.15, 0.2) is 6.10 Å². The maximum Gasteiger partial charge on any atom is 0.303 e. The van der Waals surface area contributed by atoms with E-state index in [0.29, 0.717) is 0 Å². The van der Waals surface area contributed by atoms with Crippen LogP contribution >= 0.6 is 0 Å². The van der Waals surface area contributed by atoms with E-state index in [2.05, 4.69) is 10.3 Å². The Bertz CT molecular complexity index is 1090. The summed E-state index contributed by atoms with van der Waals surface area (Å²) in [7, 11) is -3.56. The van der Waals surface area contributed by atoms with Crippen molar-refractivity contribution in [3.63, 3.8) is 0 Å². The lowest BCUT2D eigenvalue weighted by Crippen LogP contribution is -2.10. The number of esters is 1. The predicted molar refractivity (Wildman–Crippen MR) is 97.8 cm³/mol. The van der Waals surface area contributed by atoms with Crippen LogP contribution in [-0.2, 0) is 19.6 Å². The molecule has 0 amide bonds. The highest BCUT2D eigenvalue weighted by Crippen LogP contribution is 2.21. The standard InChI is InChI=1S/C18H17N3O4S/c1-13(22)25-18(17-12-21(20-19-17)26(2,23)24)10-8-14-7-9-15-5-3-4-6-16(15)11-14/h3-12,18H,1-2H3/b10-8+. The van der Waals surface area contributed by atoms with Crippen LogP contribution in [0, 0.1) is 0 Å². The number of carbonyl (C=O) groups excluding carboxylic acids is 1. The van der Waals surface area contributed by atoms with Crippen molar-refractivity contribution in [2.75, 3.05) is 6.26 Å². The third-order valence-corrected chi connectivity index (χ3v) is 4.51. The van der Waals surface area contributed by atoms with Crippen molar-refractivity contribution in [2.45, 2.75) is 13.0 Å². The number of benzene rings is 2. The van der Waals surface area contributed by atoms with Gasteiger partial charge in [-0.1, -0.05) is 47.7 Å². The Balaban J connectivity index is 1.91. The number of nitrogens with zero attached hydrogens (tertiary/aromatic N) is 3. The van der Waals surface area contributed by atoms with Gasteiger partial charge >= 0.3 is 5.97 Å². The highest BCUT2D eigenvalue weighted by molar-refractivity contribution is 7.89. The molecule has 3 aromatic rings. The molecule has 2 aromatic carbocycles. The zero-order valence-electron chi connectivity index (χ0n) is 14.2. The van der Waals surface area contributed by atoms with E-state index in [9.17, 15) is 13.2 Å². The zero-order chi connectivity index (χ0) is 18.7. The molecule has 0 N–H and O–H groups in total. The van der Waals surface area contributed by atoms with Crippen LogP contribution in [-0.4, -0.2) is 35.0 Å². The number of aromatic nitrogens is 3. The van der Waals surface area contributed by atoms with Crippen molar-refractivity contribution in [3.8, 4) is 0 Å². The Morgan fingerprint density at radius 2 is 1.92 bits per heavy atom. The largest absolute Gasteiger partial charge is 0.452 e. The zero-order valence-corrected chi connectivity index (χ0v) is 15.1. The van der Waals surface area contributed by atoms with Crippen molar-refractivity contribution in [1.82, 2.24) is 14.4 Å². The third kappa shape index (κ3) is 4.15. The molecule has 1 aromatic heterocycles. The minimum atomic E-state index is -3.56. The summed E-state index contributed by atoms with van der Waals surface area (Å²) in [5.41, 5.74) is 1.14. The summed E-state index contributed by atoms with van der Waals surface area (Å²) in [5.74, 6) is -0.507. The van der Waals surface area contributed by atoms with Crippen LogP contribution in [0.5, 0.6) is 0 Å². The first-order valence-corrected chi connectivity index (χ1v) is 9.65. The lowest BCUT2D eigenvalue weighted by Gasteiger charge is -2.09. The highest BCUT2D eigenvalue weighted by atomic mass is 32.2. The molecular formula is C18H17N3O4S. The normalized spacial score (nSPS) is 13.2. The quantitative estimate of drug-likeness (QED) is 0.640. The average molecular weight is 371 g/mol. The van der Waals surface area contributed by atoms with Crippen LogP contribution in [0.1, 0.15) is 24.3 Å². The Kier molecular flexibility index (Phi) is 4.85. The summed E-state index contributed by atoms with van der Waals surface area (Å²) in [6.45, 7) is 1.28. The molecule has 0 saturated heterocycles.